The predicted molar refractivity (Wildman–Crippen MR) is 170 cm³/mol. The molecule has 4 aliphatic heterocycles. The lowest BCUT2D eigenvalue weighted by Crippen LogP contribution is -2.42. The van der Waals surface area contributed by atoms with E-state index in [2.05, 4.69) is 24.6 Å². The van der Waals surface area contributed by atoms with Crippen molar-refractivity contribution in [3.8, 4) is 11.9 Å². The van der Waals surface area contributed by atoms with Gasteiger partial charge in [-0.3, -0.25) is 9.69 Å². The third kappa shape index (κ3) is 4.58. The summed E-state index contributed by atoms with van der Waals surface area (Å²) in [5, 5.41) is 10.5. The van der Waals surface area contributed by atoms with Gasteiger partial charge in [-0.1, -0.05) is 6.58 Å². The standard InChI is InChI=1S/C32H38N6O4S2/c1-3-22(21-7-5-11-38(21)2)42-30-20-15-41-17-31(10-12-40-16-31)26(20)36-29(37-30)25(34)18-6-4-9-32(27(18)39)24-19(14-33)28(35)44-23(24)8-13-43-32/h3,21-22H,1,4-13,15-17,34-35H2,2H3/b25-18-/t21-,22-,31+,32-/m0/s1. The van der Waals surface area contributed by atoms with Crippen molar-refractivity contribution < 1.29 is 19.0 Å². The van der Waals surface area contributed by atoms with E-state index in [-0.39, 0.29) is 23.6 Å². The smallest absolute Gasteiger partial charge is 0.223 e. The molecule has 2 saturated heterocycles. The van der Waals surface area contributed by atoms with E-state index >= 15 is 0 Å². The Hall–Kier alpha value is -2.95. The molecular formula is C32H38N6O4S2. The zero-order valence-corrected chi connectivity index (χ0v) is 26.7. The van der Waals surface area contributed by atoms with Crippen LogP contribution in [0.25, 0.3) is 5.70 Å². The summed E-state index contributed by atoms with van der Waals surface area (Å²) in [4.78, 5) is 27.9. The number of thioether (sulfide) groups is 1. The molecule has 1 saturated carbocycles. The van der Waals surface area contributed by atoms with Crippen LogP contribution in [0.2, 0.25) is 0 Å². The highest BCUT2D eigenvalue weighted by molar-refractivity contribution is 8.01. The van der Waals surface area contributed by atoms with E-state index in [1.807, 2.05) is 6.08 Å². The van der Waals surface area contributed by atoms with Crippen LogP contribution in [0, 0.1) is 11.3 Å². The highest BCUT2D eigenvalue weighted by Gasteiger charge is 2.51. The maximum Gasteiger partial charge on any atom is 0.223 e. The van der Waals surface area contributed by atoms with Crippen LogP contribution >= 0.6 is 23.1 Å². The van der Waals surface area contributed by atoms with Crippen LogP contribution in [-0.2, 0) is 37.5 Å². The Morgan fingerprint density at radius 2 is 2.11 bits per heavy atom. The Morgan fingerprint density at radius 1 is 1.27 bits per heavy atom. The van der Waals surface area contributed by atoms with Crippen LogP contribution in [-0.4, -0.2) is 72.0 Å². The van der Waals surface area contributed by atoms with E-state index in [1.165, 1.54) is 11.3 Å². The minimum absolute atomic E-state index is 0.0657. The van der Waals surface area contributed by atoms with Gasteiger partial charge in [0, 0.05) is 22.6 Å². The van der Waals surface area contributed by atoms with Crippen LogP contribution in [0.15, 0.2) is 18.2 Å². The van der Waals surface area contributed by atoms with Gasteiger partial charge in [0.05, 0.1) is 53.8 Å². The number of carbonyl (C=O) groups is 1. The first-order chi connectivity index (χ1) is 21.3. The number of allylic oxidation sites excluding steroid dienone is 1. The first-order valence-corrected chi connectivity index (χ1v) is 17.2. The van der Waals surface area contributed by atoms with Gasteiger partial charge in [-0.25, -0.2) is 4.98 Å². The van der Waals surface area contributed by atoms with Gasteiger partial charge in [-0.15, -0.1) is 23.1 Å². The second kappa shape index (κ2) is 11.4. The van der Waals surface area contributed by atoms with E-state index in [0.717, 1.165) is 66.1 Å². The molecule has 232 valence electrons. The molecule has 2 aromatic rings. The first-order valence-electron chi connectivity index (χ1n) is 15.4. The van der Waals surface area contributed by atoms with E-state index in [1.54, 1.807) is 11.8 Å². The number of likely N-dealkylation sites (N-methyl/N-ethyl adjacent to an activating group) is 1. The average molecular weight is 635 g/mol. The summed E-state index contributed by atoms with van der Waals surface area (Å²) in [6.45, 7) is 7.00. The molecule has 0 radical (unpaired) electrons. The van der Waals surface area contributed by atoms with Crippen molar-refractivity contribution in [1.82, 2.24) is 14.9 Å². The second-order valence-corrected chi connectivity index (χ2v) is 15.0. The molecule has 2 spiro atoms. The number of anilines is 1. The number of fused-ring (bicyclic) bond motifs is 4. The van der Waals surface area contributed by atoms with Gasteiger partial charge in [0.1, 0.15) is 21.9 Å². The van der Waals surface area contributed by atoms with Gasteiger partial charge < -0.3 is 25.7 Å². The Kier molecular flexibility index (Phi) is 7.74. The van der Waals surface area contributed by atoms with Crippen LogP contribution < -0.4 is 16.2 Å². The van der Waals surface area contributed by atoms with Crippen molar-refractivity contribution in [3.05, 3.63) is 51.3 Å². The molecule has 2 aromatic heterocycles. The Labute approximate surface area is 265 Å². The zero-order valence-electron chi connectivity index (χ0n) is 25.0. The fourth-order valence-corrected chi connectivity index (χ4v) is 10.6. The fraction of sp³-hybridized carbons (Fsp3) is 0.562. The number of ketones is 1. The van der Waals surface area contributed by atoms with Gasteiger partial charge in [0.15, 0.2) is 11.6 Å². The fourth-order valence-electron chi connectivity index (χ4n) is 7.69. The highest BCUT2D eigenvalue weighted by Crippen LogP contribution is 2.55. The van der Waals surface area contributed by atoms with E-state index < -0.39 is 10.2 Å². The number of thiophene rings is 1. The van der Waals surface area contributed by atoms with Crippen LogP contribution in [0.5, 0.6) is 5.88 Å². The summed E-state index contributed by atoms with van der Waals surface area (Å²) < 4.78 is 17.7. The number of nitrogen functional groups attached to an aromatic ring is 1. The number of nitrogens with two attached hydrogens (primary N) is 2. The molecule has 4 N–H and O–H groups in total. The monoisotopic (exact) mass is 634 g/mol. The highest BCUT2D eigenvalue weighted by atomic mass is 32.2. The van der Waals surface area contributed by atoms with E-state index in [0.29, 0.717) is 67.1 Å². The van der Waals surface area contributed by atoms with Crippen molar-refractivity contribution in [2.24, 2.45) is 5.73 Å². The van der Waals surface area contributed by atoms with Crippen LogP contribution in [0.1, 0.15) is 71.6 Å². The Balaban J connectivity index is 1.35. The van der Waals surface area contributed by atoms with Gasteiger partial charge in [0.2, 0.25) is 5.88 Å². The van der Waals surface area contributed by atoms with Gasteiger partial charge in [0.25, 0.3) is 0 Å². The molecular weight excluding hydrogens is 597 g/mol. The van der Waals surface area contributed by atoms with Gasteiger partial charge in [-0.2, -0.15) is 10.2 Å². The summed E-state index contributed by atoms with van der Waals surface area (Å²) >= 11 is 3.04. The summed E-state index contributed by atoms with van der Waals surface area (Å²) in [5.41, 5.74) is 16.4. The van der Waals surface area contributed by atoms with Crippen molar-refractivity contribution in [1.29, 1.82) is 5.26 Å². The van der Waals surface area contributed by atoms with Gasteiger partial charge >= 0.3 is 0 Å². The third-order valence-electron chi connectivity index (χ3n) is 10.00. The summed E-state index contributed by atoms with van der Waals surface area (Å²) in [6.07, 6.45) is 7.11. The number of nitriles is 1. The number of carbonyl (C=O) groups excluding carboxylic acids is 1. The lowest BCUT2D eigenvalue weighted by Gasteiger charge is -2.40. The summed E-state index contributed by atoms with van der Waals surface area (Å²) in [5.74, 6) is 1.44. The quantitative estimate of drug-likeness (QED) is 0.365. The number of rotatable bonds is 5. The molecule has 4 atom stereocenters. The number of hydrogen-bond acceptors (Lipinski definition) is 12. The summed E-state index contributed by atoms with van der Waals surface area (Å²) in [6, 6.07) is 2.46. The number of hydrogen-bond donors (Lipinski definition) is 2. The molecule has 0 amide bonds. The van der Waals surface area contributed by atoms with E-state index in [4.69, 9.17) is 35.6 Å². The Bertz CT molecular complexity index is 1590. The number of aryl methyl sites for hydroxylation is 1. The lowest BCUT2D eigenvalue weighted by molar-refractivity contribution is -0.119. The molecule has 7 rings (SSSR count). The van der Waals surface area contributed by atoms with Gasteiger partial charge in [-0.05, 0) is 70.4 Å². The van der Waals surface area contributed by atoms with Crippen molar-refractivity contribution >= 4 is 39.6 Å². The molecule has 12 heteroatoms. The zero-order chi connectivity index (χ0) is 30.6. The third-order valence-corrected chi connectivity index (χ3v) is 12.6. The van der Waals surface area contributed by atoms with Crippen LogP contribution in [0.3, 0.4) is 0 Å². The van der Waals surface area contributed by atoms with Crippen molar-refractivity contribution in [2.75, 3.05) is 44.9 Å². The summed E-state index contributed by atoms with van der Waals surface area (Å²) in [7, 11) is 2.10. The molecule has 5 aliphatic rings. The van der Waals surface area contributed by atoms with E-state index in [9.17, 15) is 10.1 Å². The van der Waals surface area contributed by atoms with Crippen LogP contribution in [0.4, 0.5) is 5.00 Å². The van der Waals surface area contributed by atoms with Crippen molar-refractivity contribution in [3.63, 3.8) is 0 Å². The molecule has 0 bridgehead atoms. The molecule has 44 heavy (non-hydrogen) atoms. The number of aromatic nitrogens is 2. The normalized spacial score (nSPS) is 30.2. The average Bonchev–Trinajstić information content (AvgIpc) is 3.76. The Morgan fingerprint density at radius 3 is 2.84 bits per heavy atom. The minimum atomic E-state index is -0.881. The number of Topliss-reactive ketones (excluding diaryl/α,β-unsaturated/α-hetero) is 1. The maximum absolute atomic E-state index is 14.6. The topological polar surface area (TPSA) is 150 Å². The predicted octanol–water partition coefficient (Wildman–Crippen LogP) is 3.82. The minimum Gasteiger partial charge on any atom is -0.468 e. The molecule has 10 nitrogen and oxygen atoms in total. The van der Waals surface area contributed by atoms with Crippen molar-refractivity contribution in [2.45, 2.75) is 73.9 Å². The second-order valence-electron chi connectivity index (χ2n) is 12.5. The lowest BCUT2D eigenvalue weighted by atomic mass is 9.76. The molecule has 1 aliphatic carbocycles. The number of likely N-dealkylation sites (tertiary alicyclic amines) is 1. The molecule has 0 aromatic carbocycles. The number of nitrogens with zero attached hydrogens (tertiary/aromatic N) is 4. The molecule has 6 heterocycles. The molecule has 0 unspecified atom stereocenters. The number of ether oxygens (including phenoxy) is 3. The SMILES string of the molecule is C=C[C@H](Oc1nc(/C(N)=C2\CCC[C@@]3(SCCc4sc(N)c(C#N)c43)C2=O)nc2c1COC[C@]21CCOC1)[C@@H]1CCCN1C. The molecule has 3 fully saturated rings. The maximum atomic E-state index is 14.6. The first kappa shape index (κ1) is 29.7. The largest absolute Gasteiger partial charge is 0.468 e.